The maximum atomic E-state index is 12.6. The molecule has 31 heavy (non-hydrogen) atoms. The highest BCUT2D eigenvalue weighted by molar-refractivity contribution is 6.36. The van der Waals surface area contributed by atoms with Gasteiger partial charge in [0.25, 0.3) is 11.8 Å². The summed E-state index contributed by atoms with van der Waals surface area (Å²) in [7, 11) is 0. The number of amides is 2. The molecule has 0 bridgehead atoms. The van der Waals surface area contributed by atoms with Gasteiger partial charge >= 0.3 is 0 Å². The molecule has 6 nitrogen and oxygen atoms in total. The first-order chi connectivity index (χ1) is 14.8. The number of carbonyl (C=O) groups excluding carboxylic acids is 2. The Morgan fingerprint density at radius 2 is 1.71 bits per heavy atom. The lowest BCUT2D eigenvalue weighted by atomic mass is 10.0. The summed E-state index contributed by atoms with van der Waals surface area (Å²) in [6.45, 7) is 9.76. The monoisotopic (exact) mass is 462 g/mol. The van der Waals surface area contributed by atoms with Gasteiger partial charge in [-0.3, -0.25) is 9.59 Å². The van der Waals surface area contributed by atoms with E-state index in [0.29, 0.717) is 5.02 Å². The van der Waals surface area contributed by atoms with Gasteiger partial charge in [0.05, 0.1) is 16.8 Å². The molecule has 8 heteroatoms. The number of nitrogens with zero attached hydrogens (tertiary/aromatic N) is 2. The summed E-state index contributed by atoms with van der Waals surface area (Å²) in [5.41, 5.74) is 4.75. The van der Waals surface area contributed by atoms with Crippen LogP contribution in [0.2, 0.25) is 10.0 Å². The van der Waals surface area contributed by atoms with Crippen molar-refractivity contribution in [1.82, 2.24) is 10.7 Å². The predicted octanol–water partition coefficient (Wildman–Crippen LogP) is 4.74. The summed E-state index contributed by atoms with van der Waals surface area (Å²) >= 11 is 12.0. The van der Waals surface area contributed by atoms with Crippen LogP contribution in [0.1, 0.15) is 43.6 Å². The third-order valence-corrected chi connectivity index (χ3v) is 5.37. The molecule has 0 aromatic heterocycles. The SMILES string of the molecule is CCN(CC)c1ccc(/C=N/NC(=O)C(NC(=O)c2ccc(Cl)cc2Cl)C(C)C)cc1. The molecular weight excluding hydrogens is 435 g/mol. The van der Waals surface area contributed by atoms with Crippen molar-refractivity contribution in [2.24, 2.45) is 11.0 Å². The first kappa shape index (κ1) is 24.7. The normalized spacial score (nSPS) is 12.1. The van der Waals surface area contributed by atoms with Crippen LogP contribution < -0.4 is 15.6 Å². The van der Waals surface area contributed by atoms with E-state index in [4.69, 9.17) is 23.2 Å². The van der Waals surface area contributed by atoms with Gasteiger partial charge < -0.3 is 10.2 Å². The van der Waals surface area contributed by atoms with Crippen LogP contribution in [0.5, 0.6) is 0 Å². The number of nitrogens with one attached hydrogen (secondary N) is 2. The van der Waals surface area contributed by atoms with Crippen molar-refractivity contribution in [1.29, 1.82) is 0 Å². The van der Waals surface area contributed by atoms with Gasteiger partial charge in [0.1, 0.15) is 6.04 Å². The van der Waals surface area contributed by atoms with Gasteiger partial charge in [-0.1, -0.05) is 49.2 Å². The van der Waals surface area contributed by atoms with Crippen LogP contribution in [0.3, 0.4) is 0 Å². The highest BCUT2D eigenvalue weighted by atomic mass is 35.5. The number of hydrazone groups is 1. The average molecular weight is 463 g/mol. The number of halogens is 2. The number of rotatable bonds is 9. The van der Waals surface area contributed by atoms with E-state index >= 15 is 0 Å². The second-order valence-corrected chi connectivity index (χ2v) is 8.16. The molecule has 2 amide bonds. The molecule has 0 spiro atoms. The van der Waals surface area contributed by atoms with Crippen molar-refractivity contribution < 1.29 is 9.59 Å². The van der Waals surface area contributed by atoms with Crippen molar-refractivity contribution in [2.75, 3.05) is 18.0 Å². The largest absolute Gasteiger partial charge is 0.372 e. The van der Waals surface area contributed by atoms with E-state index in [0.717, 1.165) is 24.3 Å². The fourth-order valence-electron chi connectivity index (χ4n) is 3.03. The maximum absolute atomic E-state index is 12.6. The summed E-state index contributed by atoms with van der Waals surface area (Å²) < 4.78 is 0. The fourth-order valence-corrected chi connectivity index (χ4v) is 3.52. The third kappa shape index (κ3) is 6.97. The molecule has 2 aromatic rings. The number of hydrogen-bond acceptors (Lipinski definition) is 4. The molecular formula is C23H28Cl2N4O2. The Balaban J connectivity index is 2.01. The molecule has 0 radical (unpaired) electrons. The molecule has 2 aromatic carbocycles. The molecule has 2 N–H and O–H groups in total. The number of anilines is 1. The van der Waals surface area contributed by atoms with Gasteiger partial charge in [-0.05, 0) is 55.7 Å². The Hall–Kier alpha value is -2.57. The van der Waals surface area contributed by atoms with Crippen LogP contribution in [-0.2, 0) is 4.79 Å². The van der Waals surface area contributed by atoms with Gasteiger partial charge in [-0.25, -0.2) is 5.43 Å². The molecule has 166 valence electrons. The molecule has 0 saturated carbocycles. The van der Waals surface area contributed by atoms with E-state index in [1.807, 2.05) is 38.1 Å². The zero-order valence-corrected chi connectivity index (χ0v) is 19.7. The fraction of sp³-hybridized carbons (Fsp3) is 0.348. The quantitative estimate of drug-likeness (QED) is 0.417. The van der Waals surface area contributed by atoms with Crippen molar-refractivity contribution >= 4 is 46.9 Å². The summed E-state index contributed by atoms with van der Waals surface area (Å²) in [6, 6.07) is 11.7. The second kappa shape index (κ2) is 11.7. The second-order valence-electron chi connectivity index (χ2n) is 7.32. The van der Waals surface area contributed by atoms with Gasteiger partial charge in [0.2, 0.25) is 0 Å². The summed E-state index contributed by atoms with van der Waals surface area (Å²) in [5.74, 6) is -1.02. The minimum absolute atomic E-state index is 0.154. The van der Waals surface area contributed by atoms with Crippen LogP contribution in [0.15, 0.2) is 47.6 Å². The first-order valence-electron chi connectivity index (χ1n) is 10.2. The van der Waals surface area contributed by atoms with Gasteiger partial charge in [-0.2, -0.15) is 5.10 Å². The Morgan fingerprint density at radius 3 is 2.26 bits per heavy atom. The molecule has 0 fully saturated rings. The molecule has 1 unspecified atom stereocenters. The summed E-state index contributed by atoms with van der Waals surface area (Å²) in [4.78, 5) is 27.4. The molecule has 0 aliphatic carbocycles. The van der Waals surface area contributed by atoms with E-state index in [1.54, 1.807) is 12.3 Å². The third-order valence-electron chi connectivity index (χ3n) is 4.82. The summed E-state index contributed by atoms with van der Waals surface area (Å²) in [5, 5.41) is 7.40. The molecule has 1 atom stereocenters. The molecule has 0 saturated heterocycles. The highest BCUT2D eigenvalue weighted by Gasteiger charge is 2.25. The van der Waals surface area contributed by atoms with E-state index in [9.17, 15) is 9.59 Å². The van der Waals surface area contributed by atoms with Crippen molar-refractivity contribution in [3.63, 3.8) is 0 Å². The highest BCUT2D eigenvalue weighted by Crippen LogP contribution is 2.21. The minimum Gasteiger partial charge on any atom is -0.372 e. The Morgan fingerprint density at radius 1 is 1.06 bits per heavy atom. The smallest absolute Gasteiger partial charge is 0.262 e. The lowest BCUT2D eigenvalue weighted by Gasteiger charge is -2.21. The Kier molecular flexibility index (Phi) is 9.34. The van der Waals surface area contributed by atoms with E-state index in [1.165, 1.54) is 12.1 Å². The maximum Gasteiger partial charge on any atom is 0.262 e. The van der Waals surface area contributed by atoms with E-state index in [2.05, 4.69) is 34.6 Å². The predicted molar refractivity (Wildman–Crippen MR) is 128 cm³/mol. The zero-order valence-electron chi connectivity index (χ0n) is 18.2. The topological polar surface area (TPSA) is 73.8 Å². The zero-order chi connectivity index (χ0) is 23.0. The van der Waals surface area contributed by atoms with Crippen LogP contribution in [0, 0.1) is 5.92 Å². The molecule has 2 rings (SSSR count). The Labute approximate surface area is 193 Å². The minimum atomic E-state index is -0.776. The van der Waals surface area contributed by atoms with Crippen LogP contribution in [-0.4, -0.2) is 37.2 Å². The number of carbonyl (C=O) groups is 2. The van der Waals surface area contributed by atoms with Gasteiger partial charge in [-0.15, -0.1) is 0 Å². The lowest BCUT2D eigenvalue weighted by Crippen LogP contribution is -2.48. The van der Waals surface area contributed by atoms with Crippen molar-refractivity contribution in [2.45, 2.75) is 33.7 Å². The van der Waals surface area contributed by atoms with Crippen molar-refractivity contribution in [3.05, 3.63) is 63.6 Å². The van der Waals surface area contributed by atoms with Crippen LogP contribution in [0.4, 0.5) is 5.69 Å². The van der Waals surface area contributed by atoms with E-state index in [-0.39, 0.29) is 16.5 Å². The van der Waals surface area contributed by atoms with Crippen LogP contribution >= 0.6 is 23.2 Å². The molecule has 0 aliphatic rings. The van der Waals surface area contributed by atoms with Crippen LogP contribution in [0.25, 0.3) is 0 Å². The molecule has 0 heterocycles. The van der Waals surface area contributed by atoms with Crippen molar-refractivity contribution in [3.8, 4) is 0 Å². The van der Waals surface area contributed by atoms with E-state index < -0.39 is 17.9 Å². The number of hydrogen-bond donors (Lipinski definition) is 2. The van der Waals surface area contributed by atoms with Gasteiger partial charge in [0.15, 0.2) is 0 Å². The Bertz CT molecular complexity index is 926. The first-order valence-corrected chi connectivity index (χ1v) is 11.0. The number of benzene rings is 2. The standard InChI is InChI=1S/C23H28Cl2N4O2/c1-5-29(6-2)18-10-7-16(8-11-18)14-26-28-23(31)21(15(3)4)27-22(30)19-12-9-17(24)13-20(19)25/h7-15,21H,5-6H2,1-4H3,(H,27,30)(H,28,31)/b26-14+. The average Bonchev–Trinajstić information content (AvgIpc) is 2.73. The molecule has 0 aliphatic heterocycles. The summed E-state index contributed by atoms with van der Waals surface area (Å²) in [6.07, 6.45) is 1.57. The van der Waals surface area contributed by atoms with Gasteiger partial charge in [0, 0.05) is 23.8 Å². The lowest BCUT2D eigenvalue weighted by molar-refractivity contribution is -0.123.